The van der Waals surface area contributed by atoms with Crippen molar-refractivity contribution in [1.82, 2.24) is 5.32 Å². The standard InChI is InChI=1S/C10H12N2OS/c1-2-8-4-7-14-9(8)10(13)12-6-3-5-11/h4,7H,2-3,6H2,1H3,(H,12,13). The molecule has 1 aromatic rings. The van der Waals surface area contributed by atoms with Crippen LogP contribution in [0.1, 0.15) is 28.6 Å². The maximum atomic E-state index is 11.6. The third-order valence-electron chi connectivity index (χ3n) is 1.86. The van der Waals surface area contributed by atoms with E-state index in [9.17, 15) is 4.79 Å². The van der Waals surface area contributed by atoms with Gasteiger partial charge in [-0.05, 0) is 23.4 Å². The lowest BCUT2D eigenvalue weighted by Gasteiger charge is -2.01. The molecule has 3 nitrogen and oxygen atoms in total. The highest BCUT2D eigenvalue weighted by Crippen LogP contribution is 2.16. The highest BCUT2D eigenvalue weighted by molar-refractivity contribution is 7.12. The fraction of sp³-hybridized carbons (Fsp3) is 0.400. The first-order chi connectivity index (χ1) is 6.79. The van der Waals surface area contributed by atoms with Crippen molar-refractivity contribution in [2.75, 3.05) is 6.54 Å². The summed E-state index contributed by atoms with van der Waals surface area (Å²) < 4.78 is 0. The number of amides is 1. The summed E-state index contributed by atoms with van der Waals surface area (Å²) in [5.41, 5.74) is 1.07. The number of carbonyl (C=O) groups is 1. The Bertz CT molecular complexity index is 351. The van der Waals surface area contributed by atoms with E-state index < -0.39 is 0 Å². The van der Waals surface area contributed by atoms with Gasteiger partial charge in [-0.3, -0.25) is 4.79 Å². The van der Waals surface area contributed by atoms with E-state index in [0.29, 0.717) is 13.0 Å². The number of thiophene rings is 1. The highest BCUT2D eigenvalue weighted by atomic mass is 32.1. The molecule has 0 aliphatic heterocycles. The molecular formula is C10H12N2OS. The van der Waals surface area contributed by atoms with E-state index in [0.717, 1.165) is 16.9 Å². The number of hydrogen-bond acceptors (Lipinski definition) is 3. The molecule has 1 amide bonds. The molecule has 0 spiro atoms. The van der Waals surface area contributed by atoms with Gasteiger partial charge in [-0.1, -0.05) is 6.92 Å². The second-order valence-electron chi connectivity index (χ2n) is 2.79. The maximum absolute atomic E-state index is 11.6. The van der Waals surface area contributed by atoms with Crippen LogP contribution in [-0.4, -0.2) is 12.5 Å². The molecule has 14 heavy (non-hydrogen) atoms. The lowest BCUT2D eigenvalue weighted by molar-refractivity contribution is 0.0958. The van der Waals surface area contributed by atoms with Crippen LogP contribution in [0, 0.1) is 11.3 Å². The summed E-state index contributed by atoms with van der Waals surface area (Å²) in [7, 11) is 0. The van der Waals surface area contributed by atoms with E-state index in [-0.39, 0.29) is 5.91 Å². The molecule has 0 aromatic carbocycles. The molecule has 0 unspecified atom stereocenters. The number of carbonyl (C=O) groups excluding carboxylic acids is 1. The van der Waals surface area contributed by atoms with Gasteiger partial charge >= 0.3 is 0 Å². The summed E-state index contributed by atoms with van der Waals surface area (Å²) in [6, 6.07) is 3.95. The van der Waals surface area contributed by atoms with Gasteiger partial charge in [0.1, 0.15) is 0 Å². The fourth-order valence-corrected chi connectivity index (χ4v) is 2.04. The number of nitrogens with one attached hydrogen (secondary N) is 1. The van der Waals surface area contributed by atoms with Crippen LogP contribution >= 0.6 is 11.3 Å². The van der Waals surface area contributed by atoms with Crippen molar-refractivity contribution in [1.29, 1.82) is 5.26 Å². The summed E-state index contributed by atoms with van der Waals surface area (Å²) in [5.74, 6) is -0.0629. The molecule has 0 aliphatic carbocycles. The molecule has 4 heteroatoms. The number of hydrogen-bond donors (Lipinski definition) is 1. The average molecular weight is 208 g/mol. The smallest absolute Gasteiger partial charge is 0.261 e. The Labute approximate surface area is 87.4 Å². The topological polar surface area (TPSA) is 52.9 Å². The normalized spacial score (nSPS) is 9.43. The van der Waals surface area contributed by atoms with Crippen LogP contribution < -0.4 is 5.32 Å². The van der Waals surface area contributed by atoms with Gasteiger partial charge in [-0.15, -0.1) is 11.3 Å². The van der Waals surface area contributed by atoms with Gasteiger partial charge in [-0.25, -0.2) is 0 Å². The van der Waals surface area contributed by atoms with Gasteiger partial charge < -0.3 is 5.32 Å². The fourth-order valence-electron chi connectivity index (χ4n) is 1.13. The minimum absolute atomic E-state index is 0.0629. The minimum atomic E-state index is -0.0629. The van der Waals surface area contributed by atoms with E-state index in [1.165, 1.54) is 11.3 Å². The second kappa shape index (κ2) is 5.40. The van der Waals surface area contributed by atoms with Crippen LogP contribution in [0.5, 0.6) is 0 Å². The Morgan fingerprint density at radius 1 is 1.71 bits per heavy atom. The zero-order valence-electron chi connectivity index (χ0n) is 8.04. The van der Waals surface area contributed by atoms with E-state index in [1.807, 2.05) is 24.4 Å². The molecule has 0 radical (unpaired) electrons. The monoisotopic (exact) mass is 208 g/mol. The average Bonchev–Trinajstić information content (AvgIpc) is 2.65. The van der Waals surface area contributed by atoms with Gasteiger partial charge in [0.2, 0.25) is 0 Å². The van der Waals surface area contributed by atoms with E-state index >= 15 is 0 Å². The predicted octanol–water partition coefficient (Wildman–Crippen LogP) is 1.95. The van der Waals surface area contributed by atoms with E-state index in [4.69, 9.17) is 5.26 Å². The molecule has 0 bridgehead atoms. The molecule has 1 aromatic heterocycles. The Hall–Kier alpha value is -1.34. The van der Waals surface area contributed by atoms with E-state index in [2.05, 4.69) is 5.32 Å². The van der Waals surface area contributed by atoms with Gasteiger partial charge in [0.05, 0.1) is 17.4 Å². The van der Waals surface area contributed by atoms with Crippen molar-refractivity contribution in [2.45, 2.75) is 19.8 Å². The van der Waals surface area contributed by atoms with Gasteiger partial charge in [0.15, 0.2) is 0 Å². The molecule has 0 saturated heterocycles. The van der Waals surface area contributed by atoms with Crippen molar-refractivity contribution in [2.24, 2.45) is 0 Å². The van der Waals surface area contributed by atoms with Crippen LogP contribution in [0.15, 0.2) is 11.4 Å². The lowest BCUT2D eigenvalue weighted by Crippen LogP contribution is -2.24. The Balaban J connectivity index is 2.57. The Morgan fingerprint density at radius 3 is 3.14 bits per heavy atom. The lowest BCUT2D eigenvalue weighted by atomic mass is 10.2. The summed E-state index contributed by atoms with van der Waals surface area (Å²) in [6.07, 6.45) is 1.23. The second-order valence-corrected chi connectivity index (χ2v) is 3.71. The largest absolute Gasteiger partial charge is 0.350 e. The summed E-state index contributed by atoms with van der Waals surface area (Å²) in [6.45, 7) is 2.45. The Morgan fingerprint density at radius 2 is 2.50 bits per heavy atom. The summed E-state index contributed by atoms with van der Waals surface area (Å²) in [5, 5.41) is 12.9. The molecule has 74 valence electrons. The quantitative estimate of drug-likeness (QED) is 0.769. The number of rotatable bonds is 4. The SMILES string of the molecule is CCc1ccsc1C(=O)NCCC#N. The maximum Gasteiger partial charge on any atom is 0.261 e. The third kappa shape index (κ3) is 2.57. The molecular weight excluding hydrogens is 196 g/mol. The van der Waals surface area contributed by atoms with Crippen molar-refractivity contribution in [3.05, 3.63) is 21.9 Å². The van der Waals surface area contributed by atoms with Gasteiger partial charge in [0.25, 0.3) is 5.91 Å². The van der Waals surface area contributed by atoms with Gasteiger partial charge in [-0.2, -0.15) is 5.26 Å². The number of nitrogens with zero attached hydrogens (tertiary/aromatic N) is 1. The minimum Gasteiger partial charge on any atom is -0.350 e. The number of nitriles is 1. The molecule has 0 fully saturated rings. The van der Waals surface area contributed by atoms with Crippen LogP contribution in [0.3, 0.4) is 0 Å². The molecule has 1 heterocycles. The van der Waals surface area contributed by atoms with E-state index in [1.54, 1.807) is 0 Å². The van der Waals surface area contributed by atoms with Crippen molar-refractivity contribution < 1.29 is 4.79 Å². The predicted molar refractivity (Wildman–Crippen MR) is 56.3 cm³/mol. The van der Waals surface area contributed by atoms with Crippen LogP contribution in [0.4, 0.5) is 0 Å². The zero-order valence-corrected chi connectivity index (χ0v) is 8.86. The Kier molecular flexibility index (Phi) is 4.14. The summed E-state index contributed by atoms with van der Waals surface area (Å²) >= 11 is 1.45. The zero-order chi connectivity index (χ0) is 10.4. The first-order valence-electron chi connectivity index (χ1n) is 4.51. The summed E-state index contributed by atoms with van der Waals surface area (Å²) in [4.78, 5) is 12.3. The molecule has 1 N–H and O–H groups in total. The van der Waals surface area contributed by atoms with Crippen molar-refractivity contribution in [3.63, 3.8) is 0 Å². The first kappa shape index (κ1) is 10.7. The van der Waals surface area contributed by atoms with Crippen LogP contribution in [0.2, 0.25) is 0 Å². The van der Waals surface area contributed by atoms with Crippen LogP contribution in [-0.2, 0) is 6.42 Å². The molecule has 0 atom stereocenters. The third-order valence-corrected chi connectivity index (χ3v) is 2.81. The molecule has 1 rings (SSSR count). The van der Waals surface area contributed by atoms with Crippen LogP contribution in [0.25, 0.3) is 0 Å². The van der Waals surface area contributed by atoms with Gasteiger partial charge in [0, 0.05) is 6.54 Å². The first-order valence-corrected chi connectivity index (χ1v) is 5.39. The highest BCUT2D eigenvalue weighted by Gasteiger charge is 2.10. The van der Waals surface area contributed by atoms with Crippen molar-refractivity contribution >= 4 is 17.2 Å². The van der Waals surface area contributed by atoms with Crippen molar-refractivity contribution in [3.8, 4) is 6.07 Å². The molecule has 0 aliphatic rings. The number of aryl methyl sites for hydroxylation is 1. The molecule has 0 saturated carbocycles.